The van der Waals surface area contributed by atoms with Crippen molar-refractivity contribution in [2.75, 3.05) is 18.0 Å². The lowest BCUT2D eigenvalue weighted by Crippen LogP contribution is -2.37. The Bertz CT molecular complexity index is 642. The fraction of sp³-hybridized carbons (Fsp3) is 0.500. The molecule has 6 nitrogen and oxygen atoms in total. The first-order valence-corrected chi connectivity index (χ1v) is 8.28. The molecule has 1 fully saturated rings. The third-order valence-corrected chi connectivity index (χ3v) is 4.44. The Kier molecular flexibility index (Phi) is 5.95. The normalized spacial score (nSPS) is 17.2. The summed E-state index contributed by atoms with van der Waals surface area (Å²) >= 11 is 0. The molecule has 1 aliphatic rings. The van der Waals surface area contributed by atoms with Crippen LogP contribution < -0.4 is 10.2 Å². The Morgan fingerprint density at radius 3 is 2.67 bits per heavy atom. The molecule has 1 aliphatic heterocycles. The molecule has 6 heteroatoms. The van der Waals surface area contributed by atoms with Crippen molar-refractivity contribution in [1.29, 1.82) is 0 Å². The second kappa shape index (κ2) is 7.95. The second-order valence-corrected chi connectivity index (χ2v) is 6.24. The van der Waals surface area contributed by atoms with E-state index < -0.39 is 11.9 Å². The average molecular weight is 332 g/mol. The number of carboxylic acid groups (broad SMARTS) is 1. The minimum Gasteiger partial charge on any atom is -0.481 e. The molecule has 1 aromatic rings. The van der Waals surface area contributed by atoms with Crippen molar-refractivity contribution in [2.45, 2.75) is 39.5 Å². The molecule has 1 aromatic carbocycles. The van der Waals surface area contributed by atoms with Crippen molar-refractivity contribution in [1.82, 2.24) is 5.32 Å². The van der Waals surface area contributed by atoms with Crippen LogP contribution in [-0.4, -0.2) is 36.0 Å². The highest BCUT2D eigenvalue weighted by molar-refractivity contribution is 6.09. The van der Waals surface area contributed by atoms with E-state index in [1.54, 1.807) is 4.90 Å². The number of amides is 2. The Morgan fingerprint density at radius 1 is 1.25 bits per heavy atom. The van der Waals surface area contributed by atoms with Crippen molar-refractivity contribution in [2.24, 2.45) is 5.92 Å². The quantitative estimate of drug-likeness (QED) is 0.591. The number of nitrogens with zero attached hydrogens (tertiary/aromatic N) is 1. The van der Waals surface area contributed by atoms with Crippen molar-refractivity contribution in [3.8, 4) is 0 Å². The molecule has 1 heterocycles. The lowest BCUT2D eigenvalue weighted by atomic mass is 10.1. The molecule has 0 spiro atoms. The highest BCUT2D eigenvalue weighted by Crippen LogP contribution is 2.27. The molecule has 2 rings (SSSR count). The molecular weight excluding hydrogens is 308 g/mol. The highest BCUT2D eigenvalue weighted by atomic mass is 16.4. The maximum absolute atomic E-state index is 12.5. The zero-order chi connectivity index (χ0) is 17.7. The van der Waals surface area contributed by atoms with Gasteiger partial charge in [-0.05, 0) is 56.4 Å². The van der Waals surface area contributed by atoms with Crippen LogP contribution in [0.3, 0.4) is 0 Å². The second-order valence-electron chi connectivity index (χ2n) is 6.24. The van der Waals surface area contributed by atoms with E-state index in [1.807, 2.05) is 32.0 Å². The van der Waals surface area contributed by atoms with Crippen molar-refractivity contribution in [3.05, 3.63) is 29.3 Å². The highest BCUT2D eigenvalue weighted by Gasteiger charge is 2.37. The molecule has 0 bridgehead atoms. The van der Waals surface area contributed by atoms with Crippen LogP contribution in [-0.2, 0) is 14.4 Å². The van der Waals surface area contributed by atoms with Crippen LogP contribution in [0.1, 0.15) is 36.8 Å². The summed E-state index contributed by atoms with van der Waals surface area (Å²) in [5.41, 5.74) is 3.12. The van der Waals surface area contributed by atoms with E-state index >= 15 is 0 Å². The van der Waals surface area contributed by atoms with E-state index in [2.05, 4.69) is 5.32 Å². The Balaban J connectivity index is 1.87. The number of unbranched alkanes of at least 4 members (excludes halogenated alkanes) is 1. The van der Waals surface area contributed by atoms with Gasteiger partial charge in [-0.1, -0.05) is 6.07 Å². The largest absolute Gasteiger partial charge is 0.481 e. The summed E-state index contributed by atoms with van der Waals surface area (Å²) in [6.45, 7) is 4.96. The van der Waals surface area contributed by atoms with Crippen LogP contribution in [0, 0.1) is 19.8 Å². The van der Waals surface area contributed by atoms with Gasteiger partial charge in [-0.2, -0.15) is 0 Å². The van der Waals surface area contributed by atoms with E-state index in [-0.39, 0.29) is 18.2 Å². The van der Waals surface area contributed by atoms with E-state index in [0.717, 1.165) is 11.3 Å². The summed E-state index contributed by atoms with van der Waals surface area (Å²) in [6, 6.07) is 5.86. The number of carbonyl (C=O) groups is 3. The first kappa shape index (κ1) is 18.0. The smallest absolute Gasteiger partial charge is 0.303 e. The van der Waals surface area contributed by atoms with Crippen LogP contribution in [0.15, 0.2) is 18.2 Å². The molecular formula is C18H24N2O4. The van der Waals surface area contributed by atoms with Gasteiger partial charge >= 0.3 is 5.97 Å². The molecule has 24 heavy (non-hydrogen) atoms. The fourth-order valence-corrected chi connectivity index (χ4v) is 2.81. The van der Waals surface area contributed by atoms with Crippen LogP contribution in [0.25, 0.3) is 0 Å². The van der Waals surface area contributed by atoms with Gasteiger partial charge in [0.05, 0.1) is 0 Å². The van der Waals surface area contributed by atoms with E-state index in [4.69, 9.17) is 5.11 Å². The summed E-state index contributed by atoms with van der Waals surface area (Å²) < 4.78 is 0. The SMILES string of the molecule is Cc1ccc(N2CC[C@@H](C(=O)NCCCCC(=O)O)C2=O)cc1C. The summed E-state index contributed by atoms with van der Waals surface area (Å²) in [5, 5.41) is 11.3. The molecule has 0 radical (unpaired) electrons. The number of aliphatic carboxylic acids is 1. The Hall–Kier alpha value is -2.37. The number of benzene rings is 1. The third-order valence-electron chi connectivity index (χ3n) is 4.44. The van der Waals surface area contributed by atoms with Gasteiger partial charge in [-0.15, -0.1) is 0 Å². The minimum absolute atomic E-state index is 0.0960. The number of carboxylic acids is 1. The van der Waals surface area contributed by atoms with Gasteiger partial charge in [-0.25, -0.2) is 0 Å². The number of nitrogens with one attached hydrogen (secondary N) is 1. The summed E-state index contributed by atoms with van der Waals surface area (Å²) in [6.07, 6.45) is 1.72. The van der Waals surface area contributed by atoms with Crippen molar-refractivity contribution in [3.63, 3.8) is 0 Å². The van der Waals surface area contributed by atoms with Gasteiger partial charge < -0.3 is 15.3 Å². The first-order chi connectivity index (χ1) is 11.4. The predicted octanol–water partition coefficient (Wildman–Crippen LogP) is 2.03. The zero-order valence-electron chi connectivity index (χ0n) is 14.2. The van der Waals surface area contributed by atoms with Gasteiger partial charge in [0.25, 0.3) is 0 Å². The number of anilines is 1. The minimum atomic E-state index is -0.837. The van der Waals surface area contributed by atoms with Gasteiger partial charge in [0.2, 0.25) is 11.8 Å². The van der Waals surface area contributed by atoms with Crippen LogP contribution in [0.2, 0.25) is 0 Å². The molecule has 130 valence electrons. The first-order valence-electron chi connectivity index (χ1n) is 8.28. The Morgan fingerprint density at radius 2 is 2.00 bits per heavy atom. The predicted molar refractivity (Wildman–Crippen MR) is 90.9 cm³/mol. The average Bonchev–Trinajstić information content (AvgIpc) is 2.91. The van der Waals surface area contributed by atoms with Gasteiger partial charge in [0.15, 0.2) is 0 Å². The number of hydrogen-bond donors (Lipinski definition) is 2. The maximum atomic E-state index is 12.5. The summed E-state index contributed by atoms with van der Waals surface area (Å²) in [7, 11) is 0. The molecule has 0 aliphatic carbocycles. The molecule has 2 amide bonds. The molecule has 1 saturated heterocycles. The van der Waals surface area contributed by atoms with Crippen LogP contribution in [0.5, 0.6) is 0 Å². The molecule has 0 aromatic heterocycles. The van der Waals surface area contributed by atoms with Gasteiger partial charge in [-0.3, -0.25) is 14.4 Å². The molecule has 0 unspecified atom stereocenters. The number of carbonyl (C=O) groups excluding carboxylic acids is 2. The monoisotopic (exact) mass is 332 g/mol. The van der Waals surface area contributed by atoms with Gasteiger partial charge in [0.1, 0.15) is 5.92 Å². The lowest BCUT2D eigenvalue weighted by Gasteiger charge is -2.18. The standard InChI is InChI=1S/C18H24N2O4/c1-12-6-7-14(11-13(12)2)20-10-8-15(18(20)24)17(23)19-9-4-3-5-16(21)22/h6-7,11,15H,3-5,8-10H2,1-2H3,(H,19,23)(H,21,22)/t15-/m0/s1. The number of rotatable bonds is 7. The molecule has 1 atom stereocenters. The lowest BCUT2D eigenvalue weighted by molar-refractivity contribution is -0.137. The third kappa shape index (κ3) is 4.34. The molecule has 2 N–H and O–H groups in total. The van der Waals surface area contributed by atoms with Crippen molar-refractivity contribution < 1.29 is 19.5 Å². The summed E-state index contributed by atoms with van der Waals surface area (Å²) in [4.78, 5) is 36.8. The summed E-state index contributed by atoms with van der Waals surface area (Å²) in [5.74, 6) is -1.91. The van der Waals surface area contributed by atoms with Gasteiger partial charge in [0, 0.05) is 25.2 Å². The fourth-order valence-electron chi connectivity index (χ4n) is 2.81. The Labute approximate surface area is 141 Å². The van der Waals surface area contributed by atoms with Crippen LogP contribution >= 0.6 is 0 Å². The molecule has 0 saturated carbocycles. The number of aryl methyl sites for hydroxylation is 2. The van der Waals surface area contributed by atoms with E-state index in [9.17, 15) is 14.4 Å². The maximum Gasteiger partial charge on any atom is 0.303 e. The zero-order valence-corrected chi connectivity index (χ0v) is 14.2. The van der Waals surface area contributed by atoms with E-state index in [0.29, 0.717) is 32.4 Å². The topological polar surface area (TPSA) is 86.7 Å². The van der Waals surface area contributed by atoms with Crippen LogP contribution in [0.4, 0.5) is 5.69 Å². The van der Waals surface area contributed by atoms with E-state index in [1.165, 1.54) is 5.56 Å². The number of hydrogen-bond acceptors (Lipinski definition) is 3. The van der Waals surface area contributed by atoms with Crippen molar-refractivity contribution >= 4 is 23.5 Å².